The number of carbonyl (C=O) groups excluding carboxylic acids is 1. The summed E-state index contributed by atoms with van der Waals surface area (Å²) in [5.74, 6) is 0. The SMILES string of the molecule is CC(C)(C)OC(=O)n1c(S(=O)(=O)Cl)cc2cc(Cl)ccc21. The van der Waals surface area contributed by atoms with E-state index in [0.29, 0.717) is 15.9 Å². The molecule has 0 atom stereocenters. The van der Waals surface area contributed by atoms with E-state index in [0.717, 1.165) is 4.57 Å². The lowest BCUT2D eigenvalue weighted by Gasteiger charge is -2.20. The number of fused-ring (bicyclic) bond motifs is 1. The number of aromatic nitrogens is 1. The van der Waals surface area contributed by atoms with E-state index in [9.17, 15) is 13.2 Å². The first-order chi connectivity index (χ1) is 9.49. The average Bonchev–Trinajstić information content (AvgIpc) is 2.64. The van der Waals surface area contributed by atoms with E-state index in [-0.39, 0.29) is 5.03 Å². The highest BCUT2D eigenvalue weighted by Gasteiger charge is 2.27. The fourth-order valence-corrected chi connectivity index (χ4v) is 3.02. The molecule has 0 aliphatic rings. The number of benzene rings is 1. The van der Waals surface area contributed by atoms with Crippen molar-refractivity contribution in [1.29, 1.82) is 0 Å². The molecule has 21 heavy (non-hydrogen) atoms. The molecule has 2 rings (SSSR count). The number of rotatable bonds is 1. The standard InChI is InChI=1S/C13H13Cl2NO4S/c1-13(2,3)20-12(17)16-10-5-4-9(14)6-8(10)7-11(16)21(15,18)19/h4-7H,1-3H3. The summed E-state index contributed by atoms with van der Waals surface area (Å²) in [4.78, 5) is 12.3. The molecule has 0 saturated heterocycles. The van der Waals surface area contributed by atoms with Gasteiger partial charge < -0.3 is 4.74 Å². The third kappa shape index (κ3) is 3.51. The van der Waals surface area contributed by atoms with Crippen LogP contribution in [-0.4, -0.2) is 24.7 Å². The zero-order valence-corrected chi connectivity index (χ0v) is 13.9. The van der Waals surface area contributed by atoms with Crippen LogP contribution in [0.15, 0.2) is 29.3 Å². The second kappa shape index (κ2) is 5.19. The molecule has 1 heterocycles. The van der Waals surface area contributed by atoms with Crippen LogP contribution in [-0.2, 0) is 13.8 Å². The maximum atomic E-state index is 12.3. The largest absolute Gasteiger partial charge is 0.443 e. The summed E-state index contributed by atoms with van der Waals surface area (Å²) in [5.41, 5.74) is -0.416. The van der Waals surface area contributed by atoms with Gasteiger partial charge in [-0.3, -0.25) is 0 Å². The van der Waals surface area contributed by atoms with E-state index >= 15 is 0 Å². The Balaban J connectivity index is 2.73. The van der Waals surface area contributed by atoms with Crippen molar-refractivity contribution < 1.29 is 17.9 Å². The van der Waals surface area contributed by atoms with Gasteiger partial charge in [0.1, 0.15) is 5.60 Å². The Bertz CT molecular complexity index is 819. The number of nitrogens with zero attached hydrogens (tertiary/aromatic N) is 1. The van der Waals surface area contributed by atoms with Crippen LogP contribution in [0.1, 0.15) is 20.8 Å². The van der Waals surface area contributed by atoms with Crippen LogP contribution in [0.5, 0.6) is 0 Å². The van der Waals surface area contributed by atoms with Crippen LogP contribution < -0.4 is 0 Å². The van der Waals surface area contributed by atoms with Gasteiger partial charge in [0.15, 0.2) is 5.03 Å². The Hall–Kier alpha value is -1.24. The van der Waals surface area contributed by atoms with E-state index in [1.54, 1.807) is 32.9 Å². The van der Waals surface area contributed by atoms with Crippen molar-refractivity contribution in [3.8, 4) is 0 Å². The smallest absolute Gasteiger partial charge is 0.420 e. The molecule has 1 aromatic carbocycles. The van der Waals surface area contributed by atoms with E-state index in [1.807, 2.05) is 0 Å². The molecule has 5 nitrogen and oxygen atoms in total. The van der Waals surface area contributed by atoms with Crippen molar-refractivity contribution in [1.82, 2.24) is 4.57 Å². The lowest BCUT2D eigenvalue weighted by atomic mass is 10.2. The summed E-state index contributed by atoms with van der Waals surface area (Å²) in [6, 6.07) is 5.92. The van der Waals surface area contributed by atoms with E-state index < -0.39 is 20.7 Å². The number of hydrogen-bond acceptors (Lipinski definition) is 4. The summed E-state index contributed by atoms with van der Waals surface area (Å²) >= 11 is 5.87. The Morgan fingerprint density at radius 2 is 1.86 bits per heavy atom. The summed E-state index contributed by atoms with van der Waals surface area (Å²) in [7, 11) is 1.28. The fourth-order valence-electron chi connectivity index (χ4n) is 1.84. The summed E-state index contributed by atoms with van der Waals surface area (Å²) in [5, 5.41) is 0.547. The van der Waals surface area contributed by atoms with Gasteiger partial charge in [-0.2, -0.15) is 0 Å². The molecule has 0 aliphatic carbocycles. The van der Waals surface area contributed by atoms with Crippen LogP contribution in [0.25, 0.3) is 10.9 Å². The minimum absolute atomic E-state index is 0.351. The lowest BCUT2D eigenvalue weighted by Crippen LogP contribution is -2.28. The Labute approximate surface area is 131 Å². The van der Waals surface area contributed by atoms with Crippen molar-refractivity contribution >= 4 is 48.3 Å². The molecular formula is C13H13Cl2NO4S. The zero-order valence-electron chi connectivity index (χ0n) is 11.6. The van der Waals surface area contributed by atoms with Gasteiger partial charge in [-0.25, -0.2) is 17.8 Å². The van der Waals surface area contributed by atoms with E-state index in [1.165, 1.54) is 12.1 Å². The van der Waals surface area contributed by atoms with Gasteiger partial charge in [0.05, 0.1) is 5.52 Å². The van der Waals surface area contributed by atoms with Crippen molar-refractivity contribution in [2.45, 2.75) is 31.4 Å². The molecule has 0 saturated carbocycles. The molecule has 0 spiro atoms. The van der Waals surface area contributed by atoms with Gasteiger partial charge in [0, 0.05) is 21.1 Å². The van der Waals surface area contributed by atoms with Crippen LogP contribution >= 0.6 is 22.3 Å². The van der Waals surface area contributed by atoms with Crippen LogP contribution in [0.3, 0.4) is 0 Å². The van der Waals surface area contributed by atoms with Crippen LogP contribution in [0, 0.1) is 0 Å². The predicted molar refractivity (Wildman–Crippen MR) is 81.6 cm³/mol. The first-order valence-corrected chi connectivity index (χ1v) is 8.67. The van der Waals surface area contributed by atoms with Gasteiger partial charge in [0.2, 0.25) is 0 Å². The normalized spacial score (nSPS) is 12.6. The van der Waals surface area contributed by atoms with Crippen molar-refractivity contribution in [2.75, 3.05) is 0 Å². The van der Waals surface area contributed by atoms with Crippen molar-refractivity contribution in [3.63, 3.8) is 0 Å². The molecule has 0 fully saturated rings. The predicted octanol–water partition coefficient (Wildman–Crippen LogP) is 4.01. The third-order valence-electron chi connectivity index (χ3n) is 2.56. The van der Waals surface area contributed by atoms with Crippen LogP contribution in [0.2, 0.25) is 5.02 Å². The van der Waals surface area contributed by atoms with E-state index in [2.05, 4.69) is 0 Å². The molecule has 2 aromatic rings. The molecule has 1 aromatic heterocycles. The molecule has 8 heteroatoms. The summed E-state index contributed by atoms with van der Waals surface area (Å²) < 4.78 is 29.5. The molecule has 0 amide bonds. The van der Waals surface area contributed by atoms with Crippen molar-refractivity contribution in [2.24, 2.45) is 0 Å². The van der Waals surface area contributed by atoms with Gasteiger partial charge in [-0.1, -0.05) is 11.6 Å². The summed E-state index contributed by atoms with van der Waals surface area (Å²) in [6.45, 7) is 5.05. The zero-order chi connectivity index (χ0) is 16.0. The third-order valence-corrected chi connectivity index (χ3v) is 4.07. The number of hydrogen-bond donors (Lipinski definition) is 0. The molecule has 0 radical (unpaired) electrons. The monoisotopic (exact) mass is 349 g/mol. The van der Waals surface area contributed by atoms with Gasteiger partial charge in [-0.15, -0.1) is 0 Å². The van der Waals surface area contributed by atoms with E-state index in [4.69, 9.17) is 27.0 Å². The Morgan fingerprint density at radius 1 is 1.24 bits per heavy atom. The maximum absolute atomic E-state index is 12.3. The average molecular weight is 350 g/mol. The summed E-state index contributed by atoms with van der Waals surface area (Å²) in [6.07, 6.45) is -0.820. The second-order valence-electron chi connectivity index (χ2n) is 5.44. The minimum atomic E-state index is -4.12. The molecule has 0 N–H and O–H groups in total. The fraction of sp³-hybridized carbons (Fsp3) is 0.308. The Morgan fingerprint density at radius 3 is 2.38 bits per heavy atom. The molecule has 0 aliphatic heterocycles. The van der Waals surface area contributed by atoms with Crippen LogP contribution in [0.4, 0.5) is 4.79 Å². The van der Waals surface area contributed by atoms with Gasteiger partial charge in [0.25, 0.3) is 9.05 Å². The quantitative estimate of drug-likeness (QED) is 0.729. The Kier molecular flexibility index (Phi) is 3.99. The topological polar surface area (TPSA) is 65.4 Å². The highest BCUT2D eigenvalue weighted by Crippen LogP contribution is 2.29. The lowest BCUT2D eigenvalue weighted by molar-refractivity contribution is 0.0530. The maximum Gasteiger partial charge on any atom is 0.420 e. The highest BCUT2D eigenvalue weighted by molar-refractivity contribution is 8.13. The molecule has 114 valence electrons. The second-order valence-corrected chi connectivity index (χ2v) is 8.39. The first kappa shape index (κ1) is 16.1. The minimum Gasteiger partial charge on any atom is -0.443 e. The van der Waals surface area contributed by atoms with Gasteiger partial charge >= 0.3 is 6.09 Å². The number of halogens is 2. The number of carbonyl (C=O) groups is 1. The molecular weight excluding hydrogens is 337 g/mol. The highest BCUT2D eigenvalue weighted by atomic mass is 35.7. The number of ether oxygens (including phenoxy) is 1. The van der Waals surface area contributed by atoms with Crippen molar-refractivity contribution in [3.05, 3.63) is 29.3 Å². The molecule has 0 bridgehead atoms. The van der Waals surface area contributed by atoms with Gasteiger partial charge in [-0.05, 0) is 45.0 Å². The molecule has 0 unspecified atom stereocenters. The first-order valence-electron chi connectivity index (χ1n) is 5.98.